The predicted octanol–water partition coefficient (Wildman–Crippen LogP) is 5.14. The molecule has 0 aliphatic heterocycles. The monoisotopic (exact) mass is 463 g/mol. The number of carbonyl (C=O) groups excluding carboxylic acids is 1. The minimum absolute atomic E-state index is 0.0172. The third-order valence-electron chi connectivity index (χ3n) is 4.48. The molecule has 1 heterocycles. The van der Waals surface area contributed by atoms with E-state index in [4.69, 9.17) is 0 Å². The number of benzene rings is 2. The Kier molecular flexibility index (Phi) is 7.01. The van der Waals surface area contributed by atoms with Gasteiger partial charge in [-0.25, -0.2) is 0 Å². The fourth-order valence-electron chi connectivity index (χ4n) is 2.94. The maximum atomic E-state index is 13.5. The Hall–Kier alpha value is -3.87. The van der Waals surface area contributed by atoms with Crippen LogP contribution in [0.3, 0.4) is 0 Å². The highest BCUT2D eigenvalue weighted by Gasteiger charge is 2.38. The van der Waals surface area contributed by atoms with Crippen molar-refractivity contribution in [1.82, 2.24) is 10.2 Å². The molecular weight excluding hydrogens is 448 g/mol. The molecule has 0 unspecified atom stereocenters. The van der Waals surface area contributed by atoms with Crippen molar-refractivity contribution >= 4 is 11.6 Å². The molecule has 10 heteroatoms. The zero-order chi connectivity index (χ0) is 24.1. The lowest BCUT2D eigenvalue weighted by atomic mass is 10.00. The van der Waals surface area contributed by atoms with Gasteiger partial charge < -0.3 is 4.90 Å². The van der Waals surface area contributed by atoms with Crippen LogP contribution in [0.5, 0.6) is 0 Å². The third kappa shape index (κ3) is 6.32. The second-order valence-corrected chi connectivity index (χ2v) is 6.77. The van der Waals surface area contributed by atoms with Crippen LogP contribution in [0.4, 0.5) is 32.0 Å². The summed E-state index contributed by atoms with van der Waals surface area (Å²) >= 11 is 0. The standard InChI is InChI=1S/C23H15F6N3O/c24-22(25,26)17-11-10-16(20(15-17)23(27,28)29)14-21(33)32(19-8-2-1-3-9-19)13-5-7-18-6-4-12-30-31-18/h1-4,6,8-12,15H,13-14H2. The first-order chi connectivity index (χ1) is 15.6. The Labute approximate surface area is 184 Å². The quantitative estimate of drug-likeness (QED) is 0.398. The largest absolute Gasteiger partial charge is 0.416 e. The molecule has 1 amide bonds. The normalized spacial score (nSPS) is 11.5. The van der Waals surface area contributed by atoms with Crippen LogP contribution in [0.2, 0.25) is 0 Å². The number of halogens is 6. The molecule has 4 nitrogen and oxygen atoms in total. The molecule has 0 saturated carbocycles. The van der Waals surface area contributed by atoms with Gasteiger partial charge in [0.05, 0.1) is 24.1 Å². The van der Waals surface area contributed by atoms with Gasteiger partial charge in [-0.1, -0.05) is 30.2 Å². The first kappa shape index (κ1) is 23.8. The molecule has 2 aromatic carbocycles. The number of anilines is 1. The minimum Gasteiger partial charge on any atom is -0.300 e. The highest BCUT2D eigenvalue weighted by molar-refractivity contribution is 5.95. The number of carbonyl (C=O) groups is 1. The summed E-state index contributed by atoms with van der Waals surface area (Å²) in [5, 5.41) is 7.45. The lowest BCUT2D eigenvalue weighted by Crippen LogP contribution is -2.33. The number of para-hydroxylation sites is 1. The van der Waals surface area contributed by atoms with Crippen molar-refractivity contribution in [3.63, 3.8) is 0 Å². The van der Waals surface area contributed by atoms with Crippen molar-refractivity contribution in [2.45, 2.75) is 18.8 Å². The molecule has 0 spiro atoms. The van der Waals surface area contributed by atoms with Crippen molar-refractivity contribution in [1.29, 1.82) is 0 Å². The summed E-state index contributed by atoms with van der Waals surface area (Å²) in [5.41, 5.74) is -2.81. The van der Waals surface area contributed by atoms with E-state index in [2.05, 4.69) is 22.0 Å². The lowest BCUT2D eigenvalue weighted by molar-refractivity contribution is -0.143. The fourth-order valence-corrected chi connectivity index (χ4v) is 2.94. The molecule has 33 heavy (non-hydrogen) atoms. The molecule has 0 saturated heterocycles. The zero-order valence-electron chi connectivity index (χ0n) is 16.8. The predicted molar refractivity (Wildman–Crippen MR) is 108 cm³/mol. The minimum atomic E-state index is -5.07. The molecule has 0 aliphatic rings. The Bertz CT molecular complexity index is 1170. The highest BCUT2D eigenvalue weighted by Crippen LogP contribution is 2.37. The first-order valence-corrected chi connectivity index (χ1v) is 9.45. The molecule has 170 valence electrons. The van der Waals surface area contributed by atoms with Crippen molar-refractivity contribution in [3.8, 4) is 11.8 Å². The number of amides is 1. The van der Waals surface area contributed by atoms with Gasteiger partial charge in [-0.15, -0.1) is 5.10 Å². The second-order valence-electron chi connectivity index (χ2n) is 6.77. The number of rotatable bonds is 4. The average Bonchev–Trinajstić information content (AvgIpc) is 2.76. The summed E-state index contributed by atoms with van der Waals surface area (Å²) < 4.78 is 79.1. The topological polar surface area (TPSA) is 46.1 Å². The van der Waals surface area contributed by atoms with Crippen LogP contribution in [0.1, 0.15) is 22.4 Å². The van der Waals surface area contributed by atoms with Crippen LogP contribution in [0, 0.1) is 11.8 Å². The van der Waals surface area contributed by atoms with Gasteiger partial charge in [0.15, 0.2) is 0 Å². The molecule has 3 aromatic rings. The SMILES string of the molecule is O=C(Cc1ccc(C(F)(F)F)cc1C(F)(F)F)N(CC#Cc1cccnn1)c1ccccc1. The number of hydrogen-bond acceptors (Lipinski definition) is 3. The van der Waals surface area contributed by atoms with Crippen LogP contribution in [0.15, 0.2) is 66.9 Å². The Morgan fingerprint density at radius 1 is 0.909 bits per heavy atom. The maximum absolute atomic E-state index is 13.5. The van der Waals surface area contributed by atoms with Gasteiger partial charge in [-0.2, -0.15) is 31.4 Å². The van der Waals surface area contributed by atoms with E-state index < -0.39 is 41.4 Å². The zero-order valence-corrected chi connectivity index (χ0v) is 16.8. The second kappa shape index (κ2) is 9.73. The van der Waals surface area contributed by atoms with E-state index in [1.807, 2.05) is 0 Å². The summed E-state index contributed by atoms with van der Waals surface area (Å²) in [4.78, 5) is 14.1. The average molecular weight is 463 g/mol. The van der Waals surface area contributed by atoms with Gasteiger partial charge in [0.1, 0.15) is 5.69 Å². The van der Waals surface area contributed by atoms with Gasteiger partial charge in [0.25, 0.3) is 0 Å². The summed E-state index contributed by atoms with van der Waals surface area (Å²) in [6.07, 6.45) is -9.34. The molecule has 0 aliphatic carbocycles. The van der Waals surface area contributed by atoms with E-state index in [1.165, 1.54) is 6.20 Å². The van der Waals surface area contributed by atoms with Gasteiger partial charge in [0, 0.05) is 11.9 Å². The van der Waals surface area contributed by atoms with Crippen molar-refractivity contribution in [3.05, 3.63) is 89.2 Å². The highest BCUT2D eigenvalue weighted by atomic mass is 19.4. The first-order valence-electron chi connectivity index (χ1n) is 9.45. The van der Waals surface area contributed by atoms with Crippen LogP contribution < -0.4 is 4.90 Å². The van der Waals surface area contributed by atoms with E-state index in [0.29, 0.717) is 23.5 Å². The number of aromatic nitrogens is 2. The Balaban J connectivity index is 1.92. The number of alkyl halides is 6. The molecule has 0 radical (unpaired) electrons. The van der Waals surface area contributed by atoms with E-state index in [1.54, 1.807) is 42.5 Å². The molecule has 0 atom stereocenters. The molecule has 0 bridgehead atoms. The van der Waals surface area contributed by atoms with Gasteiger partial charge >= 0.3 is 12.4 Å². The Morgan fingerprint density at radius 3 is 2.24 bits per heavy atom. The summed E-state index contributed by atoms with van der Waals surface area (Å²) in [6, 6.07) is 12.5. The number of hydrogen-bond donors (Lipinski definition) is 0. The van der Waals surface area contributed by atoms with Crippen LogP contribution >= 0.6 is 0 Å². The van der Waals surface area contributed by atoms with Crippen molar-refractivity contribution in [2.75, 3.05) is 11.4 Å². The van der Waals surface area contributed by atoms with Crippen molar-refractivity contribution in [2.24, 2.45) is 0 Å². The smallest absolute Gasteiger partial charge is 0.300 e. The lowest BCUT2D eigenvalue weighted by Gasteiger charge is -2.22. The molecule has 0 N–H and O–H groups in total. The van der Waals surface area contributed by atoms with Gasteiger partial charge in [-0.3, -0.25) is 4.79 Å². The van der Waals surface area contributed by atoms with Crippen LogP contribution in [0.25, 0.3) is 0 Å². The Morgan fingerprint density at radius 2 is 1.64 bits per heavy atom. The summed E-state index contributed by atoms with van der Waals surface area (Å²) in [5.74, 6) is 4.66. The maximum Gasteiger partial charge on any atom is 0.416 e. The van der Waals surface area contributed by atoms with Crippen LogP contribution in [-0.2, 0) is 23.6 Å². The van der Waals surface area contributed by atoms with Crippen molar-refractivity contribution < 1.29 is 31.1 Å². The number of nitrogens with zero attached hydrogens (tertiary/aromatic N) is 3. The van der Waals surface area contributed by atoms with Gasteiger partial charge in [-0.05, 0) is 47.9 Å². The van der Waals surface area contributed by atoms with E-state index in [9.17, 15) is 31.1 Å². The molecule has 3 rings (SSSR count). The summed E-state index contributed by atoms with van der Waals surface area (Å²) in [6.45, 7) is -0.179. The van der Waals surface area contributed by atoms with E-state index in [0.717, 1.165) is 4.90 Å². The van der Waals surface area contributed by atoms with E-state index >= 15 is 0 Å². The molecular formula is C23H15F6N3O. The van der Waals surface area contributed by atoms with Crippen LogP contribution in [-0.4, -0.2) is 22.6 Å². The molecule has 0 fully saturated rings. The molecule has 1 aromatic heterocycles. The fraction of sp³-hybridized carbons (Fsp3) is 0.174. The third-order valence-corrected chi connectivity index (χ3v) is 4.48. The summed E-state index contributed by atoms with van der Waals surface area (Å²) in [7, 11) is 0. The van der Waals surface area contributed by atoms with E-state index in [-0.39, 0.29) is 12.6 Å². The van der Waals surface area contributed by atoms with Gasteiger partial charge in [0.2, 0.25) is 5.91 Å².